The van der Waals surface area contributed by atoms with Gasteiger partial charge in [0.2, 0.25) is 0 Å². The highest BCUT2D eigenvalue weighted by atomic mass is 16.5. The number of hydrogen-bond donors (Lipinski definition) is 1. The van der Waals surface area contributed by atoms with E-state index in [9.17, 15) is 4.79 Å². The predicted octanol–water partition coefficient (Wildman–Crippen LogP) is 3.95. The number of nitriles is 1. The maximum atomic E-state index is 13.1. The molecule has 0 unspecified atom stereocenters. The Morgan fingerprint density at radius 1 is 1.11 bits per heavy atom. The van der Waals surface area contributed by atoms with Crippen LogP contribution in [0.4, 0.5) is 5.69 Å². The second-order valence-corrected chi connectivity index (χ2v) is 6.12. The molecule has 2 heterocycles. The standard InChI is InChI=1S/C21H17N3O3/c22-11-13-27-16-9-7-15(8-10-16)20-23-19-6-2-1-5-18(19)21(25)24(20)14-17-4-3-12-26-17/h1-10,12,20,23H,13-14H2/t20-/m1/s1. The molecule has 1 atom stereocenters. The van der Waals surface area contributed by atoms with Gasteiger partial charge < -0.3 is 19.4 Å². The average molecular weight is 359 g/mol. The van der Waals surface area contributed by atoms with Crippen molar-refractivity contribution in [3.8, 4) is 11.8 Å². The summed E-state index contributed by atoms with van der Waals surface area (Å²) in [6.45, 7) is 0.349. The van der Waals surface area contributed by atoms with E-state index in [1.807, 2.05) is 54.6 Å². The molecule has 27 heavy (non-hydrogen) atoms. The first-order valence-electron chi connectivity index (χ1n) is 8.55. The third-order valence-electron chi connectivity index (χ3n) is 4.43. The van der Waals surface area contributed by atoms with Crippen LogP contribution in [-0.2, 0) is 6.54 Å². The third-order valence-corrected chi connectivity index (χ3v) is 4.43. The number of anilines is 1. The Morgan fingerprint density at radius 2 is 1.93 bits per heavy atom. The fraction of sp³-hybridized carbons (Fsp3) is 0.143. The lowest BCUT2D eigenvalue weighted by molar-refractivity contribution is 0.0651. The summed E-state index contributed by atoms with van der Waals surface area (Å²) in [5, 5.41) is 12.1. The van der Waals surface area contributed by atoms with E-state index in [4.69, 9.17) is 14.4 Å². The van der Waals surface area contributed by atoms with Crippen LogP contribution in [0.25, 0.3) is 0 Å². The van der Waals surface area contributed by atoms with Gasteiger partial charge in [0.1, 0.15) is 23.7 Å². The second-order valence-electron chi connectivity index (χ2n) is 6.12. The summed E-state index contributed by atoms with van der Waals surface area (Å²) in [7, 11) is 0. The summed E-state index contributed by atoms with van der Waals surface area (Å²) in [5.41, 5.74) is 2.34. The quantitative estimate of drug-likeness (QED) is 0.746. The predicted molar refractivity (Wildman–Crippen MR) is 98.9 cm³/mol. The summed E-state index contributed by atoms with van der Waals surface area (Å²) in [5.74, 6) is 1.26. The zero-order chi connectivity index (χ0) is 18.6. The molecule has 1 aromatic heterocycles. The minimum atomic E-state index is -0.345. The first kappa shape index (κ1) is 16.7. The molecule has 134 valence electrons. The monoisotopic (exact) mass is 359 g/mol. The number of furan rings is 1. The number of rotatable bonds is 5. The molecule has 0 saturated heterocycles. The van der Waals surface area contributed by atoms with Gasteiger partial charge in [0.05, 0.1) is 18.4 Å². The molecule has 1 N–H and O–H groups in total. The molecule has 0 saturated carbocycles. The van der Waals surface area contributed by atoms with Gasteiger partial charge in [-0.15, -0.1) is 0 Å². The van der Waals surface area contributed by atoms with Gasteiger partial charge in [-0.3, -0.25) is 4.79 Å². The minimum absolute atomic E-state index is 0.00248. The number of ether oxygens (including phenoxy) is 1. The lowest BCUT2D eigenvalue weighted by Crippen LogP contribution is -2.42. The van der Waals surface area contributed by atoms with Crippen LogP contribution in [0.1, 0.15) is 27.8 Å². The Labute approximate surface area is 156 Å². The molecule has 1 amide bonds. The summed E-state index contributed by atoms with van der Waals surface area (Å²) in [4.78, 5) is 14.9. The van der Waals surface area contributed by atoms with Gasteiger partial charge >= 0.3 is 0 Å². The zero-order valence-corrected chi connectivity index (χ0v) is 14.5. The SMILES string of the molecule is N#CCOc1ccc([C@@H]2Nc3ccccc3C(=O)N2Cc2ccco2)cc1. The van der Waals surface area contributed by atoms with Gasteiger partial charge in [0.25, 0.3) is 5.91 Å². The van der Waals surface area contributed by atoms with Crippen molar-refractivity contribution in [1.29, 1.82) is 5.26 Å². The van der Waals surface area contributed by atoms with Gasteiger partial charge in [-0.25, -0.2) is 0 Å². The number of carbonyl (C=O) groups excluding carboxylic acids is 1. The van der Waals surface area contributed by atoms with Crippen molar-refractivity contribution in [1.82, 2.24) is 4.90 Å². The van der Waals surface area contributed by atoms with Gasteiger partial charge in [-0.2, -0.15) is 5.26 Å². The largest absolute Gasteiger partial charge is 0.479 e. The van der Waals surface area contributed by atoms with Crippen molar-refractivity contribution in [2.45, 2.75) is 12.7 Å². The van der Waals surface area contributed by atoms with Gasteiger partial charge in [0.15, 0.2) is 6.61 Å². The first-order chi connectivity index (χ1) is 13.3. The van der Waals surface area contributed by atoms with E-state index < -0.39 is 0 Å². The summed E-state index contributed by atoms with van der Waals surface area (Å²) >= 11 is 0. The van der Waals surface area contributed by atoms with Crippen molar-refractivity contribution in [2.24, 2.45) is 0 Å². The van der Waals surface area contributed by atoms with Gasteiger partial charge in [-0.1, -0.05) is 24.3 Å². The molecular weight excluding hydrogens is 342 g/mol. The lowest BCUT2D eigenvalue weighted by atomic mass is 10.0. The van der Waals surface area contributed by atoms with Crippen LogP contribution < -0.4 is 10.1 Å². The number of amides is 1. The maximum absolute atomic E-state index is 13.1. The fourth-order valence-electron chi connectivity index (χ4n) is 3.15. The minimum Gasteiger partial charge on any atom is -0.479 e. The first-order valence-corrected chi connectivity index (χ1v) is 8.55. The Hall–Kier alpha value is -3.72. The van der Waals surface area contributed by atoms with E-state index in [1.165, 1.54) is 0 Å². The average Bonchev–Trinajstić information content (AvgIpc) is 3.22. The summed E-state index contributed by atoms with van der Waals surface area (Å²) in [6.07, 6.45) is 1.25. The van der Waals surface area contributed by atoms with Crippen LogP contribution in [0.15, 0.2) is 71.3 Å². The molecular formula is C21H17N3O3. The van der Waals surface area contributed by atoms with Crippen molar-refractivity contribution >= 4 is 11.6 Å². The smallest absolute Gasteiger partial charge is 0.258 e. The molecule has 2 aromatic carbocycles. The molecule has 0 radical (unpaired) electrons. The highest BCUT2D eigenvalue weighted by Crippen LogP contribution is 2.34. The van der Waals surface area contributed by atoms with Crippen LogP contribution in [0.2, 0.25) is 0 Å². The number of carbonyl (C=O) groups is 1. The van der Waals surface area contributed by atoms with Crippen LogP contribution in [0.5, 0.6) is 5.75 Å². The number of para-hydroxylation sites is 1. The van der Waals surface area contributed by atoms with Gasteiger partial charge in [-0.05, 0) is 42.0 Å². The Morgan fingerprint density at radius 3 is 2.67 bits per heavy atom. The maximum Gasteiger partial charge on any atom is 0.258 e. The lowest BCUT2D eigenvalue weighted by Gasteiger charge is -2.37. The summed E-state index contributed by atoms with van der Waals surface area (Å²) in [6, 6.07) is 20.4. The van der Waals surface area contributed by atoms with Crippen LogP contribution >= 0.6 is 0 Å². The van der Waals surface area contributed by atoms with Crippen molar-refractivity contribution in [3.63, 3.8) is 0 Å². The highest BCUT2D eigenvalue weighted by Gasteiger charge is 2.33. The number of hydrogen-bond acceptors (Lipinski definition) is 5. The van der Waals surface area contributed by atoms with Crippen LogP contribution in [0.3, 0.4) is 0 Å². The van der Waals surface area contributed by atoms with Crippen LogP contribution in [-0.4, -0.2) is 17.4 Å². The Bertz CT molecular complexity index is 975. The molecule has 0 spiro atoms. The second kappa shape index (κ2) is 7.26. The Kier molecular flexibility index (Phi) is 4.50. The molecule has 1 aliphatic rings. The van der Waals surface area contributed by atoms with Gasteiger partial charge in [0, 0.05) is 5.69 Å². The highest BCUT2D eigenvalue weighted by molar-refractivity contribution is 6.01. The number of nitrogens with zero attached hydrogens (tertiary/aromatic N) is 2. The molecule has 0 fully saturated rings. The van der Waals surface area contributed by atoms with E-state index in [2.05, 4.69) is 5.32 Å². The molecule has 1 aliphatic heterocycles. The molecule has 0 bridgehead atoms. The molecule has 4 rings (SSSR count). The fourth-order valence-corrected chi connectivity index (χ4v) is 3.15. The van der Waals surface area contributed by atoms with E-state index in [1.54, 1.807) is 23.3 Å². The number of benzene rings is 2. The van der Waals surface area contributed by atoms with E-state index >= 15 is 0 Å². The van der Waals surface area contributed by atoms with Crippen molar-refractivity contribution in [3.05, 3.63) is 83.8 Å². The van der Waals surface area contributed by atoms with E-state index in [0.29, 0.717) is 23.6 Å². The van der Waals surface area contributed by atoms with Crippen molar-refractivity contribution in [2.75, 3.05) is 11.9 Å². The van der Waals surface area contributed by atoms with E-state index in [-0.39, 0.29) is 18.7 Å². The number of fused-ring (bicyclic) bond motifs is 1. The van der Waals surface area contributed by atoms with Crippen LogP contribution in [0, 0.1) is 11.3 Å². The van der Waals surface area contributed by atoms with Crippen molar-refractivity contribution < 1.29 is 13.9 Å². The molecule has 3 aromatic rings. The Balaban J connectivity index is 1.67. The molecule has 6 heteroatoms. The molecule has 6 nitrogen and oxygen atoms in total. The summed E-state index contributed by atoms with van der Waals surface area (Å²) < 4.78 is 10.8. The molecule has 0 aliphatic carbocycles. The topological polar surface area (TPSA) is 78.5 Å². The normalized spacial score (nSPS) is 15.6. The zero-order valence-electron chi connectivity index (χ0n) is 14.5. The number of nitrogens with one attached hydrogen (secondary N) is 1. The third kappa shape index (κ3) is 3.35. The van der Waals surface area contributed by atoms with E-state index in [0.717, 1.165) is 11.3 Å².